The minimum atomic E-state index is -0.913. The van der Waals surface area contributed by atoms with Crippen molar-refractivity contribution in [3.05, 3.63) is 171 Å². The zero-order valence-electron chi connectivity index (χ0n) is 22.3. The van der Waals surface area contributed by atoms with Gasteiger partial charge in [-0.1, -0.05) is 97.1 Å². The molecule has 40 heavy (non-hydrogen) atoms. The van der Waals surface area contributed by atoms with Crippen molar-refractivity contribution in [3.63, 3.8) is 0 Å². The van der Waals surface area contributed by atoms with Crippen LogP contribution in [-0.4, -0.2) is 33.9 Å². The molecular weight excluding hydrogens is 502 g/mol. The van der Waals surface area contributed by atoms with Crippen LogP contribution in [0.1, 0.15) is 22.4 Å². The molecule has 0 bridgehead atoms. The molecule has 0 aliphatic heterocycles. The van der Waals surface area contributed by atoms with Crippen molar-refractivity contribution in [2.75, 3.05) is 13.7 Å². The van der Waals surface area contributed by atoms with Gasteiger partial charge in [-0.25, -0.2) is 4.79 Å². The van der Waals surface area contributed by atoms with Crippen molar-refractivity contribution < 1.29 is 9.47 Å². The van der Waals surface area contributed by atoms with Crippen molar-refractivity contribution in [2.24, 2.45) is 0 Å². The molecule has 1 unspecified atom stereocenters. The molecule has 5 rings (SSSR count). The quantitative estimate of drug-likeness (QED) is 0.234. The van der Waals surface area contributed by atoms with Gasteiger partial charge in [-0.05, 0) is 28.8 Å². The first-order chi connectivity index (χ1) is 19.6. The van der Waals surface area contributed by atoms with Crippen molar-refractivity contribution in [1.82, 2.24) is 14.1 Å². The van der Waals surface area contributed by atoms with E-state index in [2.05, 4.69) is 41.4 Å². The average Bonchev–Trinajstić information content (AvgIpc) is 3.02. The Morgan fingerprint density at radius 1 is 0.750 bits per heavy atom. The summed E-state index contributed by atoms with van der Waals surface area (Å²) in [6, 6.07) is 37.0. The van der Waals surface area contributed by atoms with E-state index in [0.717, 1.165) is 16.7 Å². The molecule has 3 aromatic carbocycles. The first-order valence-corrected chi connectivity index (χ1v) is 13.2. The van der Waals surface area contributed by atoms with Crippen molar-refractivity contribution in [1.29, 1.82) is 0 Å². The lowest BCUT2D eigenvalue weighted by Crippen LogP contribution is -2.42. The van der Waals surface area contributed by atoms with Crippen molar-refractivity contribution in [2.45, 2.75) is 24.8 Å². The Morgan fingerprint density at radius 3 is 1.80 bits per heavy atom. The van der Waals surface area contributed by atoms with Gasteiger partial charge in [0.1, 0.15) is 5.60 Å². The molecule has 2 heterocycles. The second kappa shape index (κ2) is 12.5. The first kappa shape index (κ1) is 27.0. The van der Waals surface area contributed by atoms with Crippen LogP contribution in [0.4, 0.5) is 0 Å². The molecular formula is C33H31N3O4. The van der Waals surface area contributed by atoms with Gasteiger partial charge < -0.3 is 9.47 Å². The third kappa shape index (κ3) is 5.71. The van der Waals surface area contributed by atoms with E-state index in [-0.39, 0.29) is 25.3 Å². The van der Waals surface area contributed by atoms with Crippen LogP contribution in [0.15, 0.2) is 137 Å². The number of ether oxygens (including phenoxy) is 2. The Balaban J connectivity index is 1.48. The van der Waals surface area contributed by atoms with Gasteiger partial charge in [0.2, 0.25) is 0 Å². The van der Waals surface area contributed by atoms with E-state index in [1.165, 1.54) is 21.4 Å². The maximum Gasteiger partial charge on any atom is 0.331 e. The summed E-state index contributed by atoms with van der Waals surface area (Å²) in [5.74, 6) is 0. The summed E-state index contributed by atoms with van der Waals surface area (Å²) in [6.07, 6.45) is 2.66. The number of aromatic nitrogens is 3. The maximum absolute atomic E-state index is 13.3. The van der Waals surface area contributed by atoms with Gasteiger partial charge in [-0.2, -0.15) is 0 Å². The van der Waals surface area contributed by atoms with Gasteiger partial charge in [0, 0.05) is 25.6 Å². The molecule has 0 aliphatic carbocycles. The summed E-state index contributed by atoms with van der Waals surface area (Å²) in [5.41, 5.74) is 1.83. The Hall–Kier alpha value is -4.59. The highest BCUT2D eigenvalue weighted by molar-refractivity contribution is 5.47. The maximum atomic E-state index is 13.3. The van der Waals surface area contributed by atoms with Crippen LogP contribution in [0.2, 0.25) is 0 Å². The van der Waals surface area contributed by atoms with E-state index in [0.29, 0.717) is 5.69 Å². The molecule has 0 spiro atoms. The van der Waals surface area contributed by atoms with Gasteiger partial charge in [0.25, 0.3) is 5.56 Å². The summed E-state index contributed by atoms with van der Waals surface area (Å²) >= 11 is 0. The van der Waals surface area contributed by atoms with E-state index in [9.17, 15) is 9.59 Å². The predicted molar refractivity (Wildman–Crippen MR) is 154 cm³/mol. The highest BCUT2D eigenvalue weighted by Gasteiger charge is 2.38. The second-order valence-corrected chi connectivity index (χ2v) is 9.44. The molecule has 7 heteroatoms. The van der Waals surface area contributed by atoms with E-state index in [4.69, 9.17) is 9.47 Å². The van der Waals surface area contributed by atoms with Gasteiger partial charge in [-0.15, -0.1) is 0 Å². The Kier molecular flexibility index (Phi) is 8.44. The van der Waals surface area contributed by atoms with E-state index in [1.54, 1.807) is 25.4 Å². The normalized spacial score (nSPS) is 12.2. The number of rotatable bonds is 11. The number of hydrogen-bond donors (Lipinski definition) is 0. The molecule has 7 nitrogen and oxygen atoms in total. The lowest BCUT2D eigenvalue weighted by atomic mass is 9.80. The van der Waals surface area contributed by atoms with Crippen LogP contribution >= 0.6 is 0 Å². The molecule has 0 saturated heterocycles. The molecule has 0 aliphatic rings. The van der Waals surface area contributed by atoms with Crippen LogP contribution in [0, 0.1) is 0 Å². The van der Waals surface area contributed by atoms with Gasteiger partial charge in [0.15, 0.2) is 0 Å². The summed E-state index contributed by atoms with van der Waals surface area (Å²) in [7, 11) is 1.60. The number of hydrogen-bond acceptors (Lipinski definition) is 5. The Morgan fingerprint density at radius 2 is 1.30 bits per heavy atom. The minimum Gasteiger partial charge on any atom is -0.377 e. The zero-order valence-corrected chi connectivity index (χ0v) is 22.3. The standard InChI is InChI=1S/C33H31N3O4/c1-39-30(24-35-22-20-31(37)36(32(35)38)23-29-19-11-12-21-34-29)25-40-33(26-13-5-2-6-14-26,27-15-7-3-8-16-27)28-17-9-4-10-18-28/h2-22,30H,23-25H2,1H3. The van der Waals surface area contributed by atoms with Gasteiger partial charge in [-0.3, -0.25) is 18.9 Å². The highest BCUT2D eigenvalue weighted by atomic mass is 16.5. The number of benzene rings is 3. The van der Waals surface area contributed by atoms with E-state index < -0.39 is 17.4 Å². The summed E-state index contributed by atoms with van der Waals surface area (Å²) in [5, 5.41) is 0. The smallest absolute Gasteiger partial charge is 0.331 e. The fourth-order valence-corrected chi connectivity index (χ4v) is 4.90. The third-order valence-electron chi connectivity index (χ3n) is 6.95. The second-order valence-electron chi connectivity index (χ2n) is 9.44. The number of pyridine rings is 1. The minimum absolute atomic E-state index is 0.0899. The molecule has 2 aromatic heterocycles. The van der Waals surface area contributed by atoms with Gasteiger partial charge in [0.05, 0.1) is 31.5 Å². The number of nitrogens with zero attached hydrogens (tertiary/aromatic N) is 3. The summed E-state index contributed by atoms with van der Waals surface area (Å²) in [6.45, 7) is 0.472. The molecule has 5 aromatic rings. The molecule has 0 radical (unpaired) electrons. The summed E-state index contributed by atoms with van der Waals surface area (Å²) < 4.78 is 15.4. The fraction of sp³-hybridized carbons (Fsp3) is 0.182. The van der Waals surface area contributed by atoms with Crippen molar-refractivity contribution >= 4 is 0 Å². The predicted octanol–water partition coefficient (Wildman–Crippen LogP) is 4.48. The average molecular weight is 534 g/mol. The molecule has 202 valence electrons. The van der Waals surface area contributed by atoms with E-state index in [1.807, 2.05) is 60.7 Å². The molecule has 0 N–H and O–H groups in total. The van der Waals surface area contributed by atoms with Crippen LogP contribution in [0.25, 0.3) is 0 Å². The lowest BCUT2D eigenvalue weighted by molar-refractivity contribution is -0.0568. The van der Waals surface area contributed by atoms with Crippen LogP contribution in [0.3, 0.4) is 0 Å². The van der Waals surface area contributed by atoms with E-state index >= 15 is 0 Å². The highest BCUT2D eigenvalue weighted by Crippen LogP contribution is 2.40. The van der Waals surface area contributed by atoms with Crippen LogP contribution in [0.5, 0.6) is 0 Å². The fourth-order valence-electron chi connectivity index (χ4n) is 4.90. The van der Waals surface area contributed by atoms with Crippen LogP contribution < -0.4 is 11.2 Å². The SMILES string of the molecule is COC(COC(c1ccccc1)(c1ccccc1)c1ccccc1)Cn1ccc(=O)n(Cc2ccccn2)c1=O. The molecule has 0 fully saturated rings. The molecule has 1 atom stereocenters. The monoisotopic (exact) mass is 533 g/mol. The zero-order chi connectivity index (χ0) is 27.8. The molecule has 0 amide bonds. The molecule has 0 saturated carbocycles. The Labute approximate surface area is 232 Å². The van der Waals surface area contributed by atoms with Gasteiger partial charge >= 0.3 is 5.69 Å². The summed E-state index contributed by atoms with van der Waals surface area (Å²) in [4.78, 5) is 30.1. The number of methoxy groups -OCH3 is 1. The Bertz CT molecular complexity index is 1520. The van der Waals surface area contributed by atoms with Crippen LogP contribution in [-0.2, 0) is 28.2 Å². The lowest BCUT2D eigenvalue weighted by Gasteiger charge is -2.37. The largest absolute Gasteiger partial charge is 0.377 e. The first-order valence-electron chi connectivity index (χ1n) is 13.2. The van der Waals surface area contributed by atoms with Crippen molar-refractivity contribution in [3.8, 4) is 0 Å². The third-order valence-corrected chi connectivity index (χ3v) is 6.95. The topological polar surface area (TPSA) is 75.3 Å².